The van der Waals surface area contributed by atoms with Gasteiger partial charge in [-0.05, 0) is 79.1 Å². The summed E-state index contributed by atoms with van der Waals surface area (Å²) in [5.74, 6) is -5.03. The third-order valence-electron chi connectivity index (χ3n) is 6.35. The molecule has 1 atom stereocenters. The number of halogens is 4. The minimum absolute atomic E-state index is 0.103. The molecule has 11 heteroatoms. The van der Waals surface area contributed by atoms with Crippen LogP contribution in [-0.4, -0.2) is 31.9 Å². The highest BCUT2D eigenvalue weighted by atomic mass is 32.1. The molecule has 4 aromatic rings. The lowest BCUT2D eigenvalue weighted by atomic mass is 10.1. The van der Waals surface area contributed by atoms with Crippen molar-refractivity contribution >= 4 is 41.5 Å². The zero-order valence-corrected chi connectivity index (χ0v) is 28.1. The Bertz CT molecular complexity index is 1520. The summed E-state index contributed by atoms with van der Waals surface area (Å²) in [6.45, 7) is 9.02. The lowest BCUT2D eigenvalue weighted by Crippen LogP contribution is -2.12. The Balaban J connectivity index is 0.000000615. The SMILES string of the molecule is CCCOC(=O)CC.CCCP(Cc1ccc2sc(C(=O)Oc3c(F)c(C)c(C)c(F)c3F)cc2c1)Oc1ccccc1.CF. The van der Waals surface area contributed by atoms with E-state index < -0.39 is 37.3 Å². The van der Waals surface area contributed by atoms with E-state index in [9.17, 15) is 27.2 Å². The fourth-order valence-electron chi connectivity index (χ4n) is 3.94. The zero-order valence-electron chi connectivity index (χ0n) is 26.3. The average Bonchev–Trinajstić information content (AvgIpc) is 3.49. The van der Waals surface area contributed by atoms with Gasteiger partial charge in [-0.15, -0.1) is 11.3 Å². The van der Waals surface area contributed by atoms with E-state index in [1.54, 1.807) is 13.0 Å². The molecule has 1 unspecified atom stereocenters. The molecular weight excluding hydrogens is 627 g/mol. The van der Waals surface area contributed by atoms with Crippen LogP contribution in [0.5, 0.6) is 11.5 Å². The summed E-state index contributed by atoms with van der Waals surface area (Å²) in [6, 6.07) is 17.2. The van der Waals surface area contributed by atoms with E-state index in [1.807, 2.05) is 55.5 Å². The molecule has 0 spiro atoms. The summed E-state index contributed by atoms with van der Waals surface area (Å²) >= 11 is 1.15. The minimum atomic E-state index is -1.51. The first-order chi connectivity index (χ1) is 21.6. The minimum Gasteiger partial charge on any atom is -0.474 e. The van der Waals surface area contributed by atoms with Crippen molar-refractivity contribution in [2.75, 3.05) is 19.9 Å². The van der Waals surface area contributed by atoms with Crippen molar-refractivity contribution in [2.45, 2.75) is 60.0 Å². The summed E-state index contributed by atoms with van der Waals surface area (Å²) in [4.78, 5) is 23.2. The molecule has 0 fully saturated rings. The smallest absolute Gasteiger partial charge is 0.353 e. The van der Waals surface area contributed by atoms with Gasteiger partial charge in [0.05, 0.1) is 21.9 Å². The predicted molar refractivity (Wildman–Crippen MR) is 174 cm³/mol. The maximum atomic E-state index is 14.5. The number of carbonyl (C=O) groups excluding carboxylic acids is 2. The molecule has 0 aliphatic rings. The van der Waals surface area contributed by atoms with Gasteiger partial charge in [0.2, 0.25) is 11.6 Å². The number of rotatable bonds is 11. The van der Waals surface area contributed by atoms with Gasteiger partial charge < -0.3 is 14.0 Å². The monoisotopic (exact) mass is 666 g/mol. The number of hydrogen-bond acceptors (Lipinski definition) is 6. The van der Waals surface area contributed by atoms with E-state index in [4.69, 9.17) is 14.0 Å². The van der Waals surface area contributed by atoms with Gasteiger partial charge in [0.1, 0.15) is 10.6 Å². The van der Waals surface area contributed by atoms with Crippen molar-refractivity contribution in [3.63, 3.8) is 0 Å². The second kappa shape index (κ2) is 19.1. The van der Waals surface area contributed by atoms with Crippen LogP contribution in [-0.2, 0) is 15.7 Å². The predicted octanol–water partition coefficient (Wildman–Crippen LogP) is 10.5. The van der Waals surface area contributed by atoms with Crippen molar-refractivity contribution in [1.82, 2.24) is 0 Å². The summed E-state index contributed by atoms with van der Waals surface area (Å²) < 4.78 is 69.0. The van der Waals surface area contributed by atoms with Crippen LogP contribution in [0.15, 0.2) is 54.6 Å². The number of para-hydroxylation sites is 1. The van der Waals surface area contributed by atoms with Crippen LogP contribution in [0.25, 0.3) is 10.1 Å². The second-order valence-corrected chi connectivity index (χ2v) is 12.7. The fraction of sp³-hybridized carbons (Fsp3) is 0.353. The van der Waals surface area contributed by atoms with E-state index >= 15 is 0 Å². The molecule has 0 bridgehead atoms. The van der Waals surface area contributed by atoms with Crippen LogP contribution in [0.1, 0.15) is 66.4 Å². The number of alkyl halides is 1. The average molecular weight is 667 g/mol. The van der Waals surface area contributed by atoms with Crippen LogP contribution in [0.3, 0.4) is 0 Å². The van der Waals surface area contributed by atoms with Gasteiger partial charge in [0.25, 0.3) is 0 Å². The van der Waals surface area contributed by atoms with Gasteiger partial charge in [-0.25, -0.2) is 13.6 Å². The molecule has 244 valence electrons. The third-order valence-corrected chi connectivity index (χ3v) is 9.58. The van der Waals surface area contributed by atoms with Gasteiger partial charge in [-0.3, -0.25) is 9.18 Å². The molecule has 4 rings (SSSR count). The maximum absolute atomic E-state index is 14.5. The van der Waals surface area contributed by atoms with E-state index in [0.717, 1.165) is 57.9 Å². The number of fused-ring (bicyclic) bond motifs is 1. The molecule has 5 nitrogen and oxygen atoms in total. The largest absolute Gasteiger partial charge is 0.474 e. The van der Waals surface area contributed by atoms with Crippen LogP contribution in [0.4, 0.5) is 17.6 Å². The van der Waals surface area contributed by atoms with Crippen LogP contribution < -0.4 is 9.26 Å². The number of esters is 2. The molecular formula is C34H39F4O5PS. The Morgan fingerprint density at radius 1 is 0.844 bits per heavy atom. The third kappa shape index (κ3) is 10.8. The second-order valence-electron chi connectivity index (χ2n) is 9.74. The van der Waals surface area contributed by atoms with Crippen molar-refractivity contribution in [3.05, 3.63) is 93.6 Å². The lowest BCUT2D eigenvalue weighted by Gasteiger charge is -2.18. The molecule has 0 aliphatic carbocycles. The number of ether oxygens (including phenoxy) is 2. The number of hydrogen-bond donors (Lipinski definition) is 0. The first-order valence-corrected chi connectivity index (χ1v) is 16.9. The van der Waals surface area contributed by atoms with E-state index in [2.05, 4.69) is 6.92 Å². The van der Waals surface area contributed by atoms with Crippen molar-refractivity contribution in [3.8, 4) is 11.5 Å². The standard InChI is InChI=1S/C27H24F3O3PS.C6H12O2.CH3F/c1-4-12-34(33-20-8-6-5-7-9-20)15-18-10-11-21-19(13-18)14-22(35-21)27(31)32-26-24(29)17(3)16(2)23(28)25(26)30;1-3-5-8-6(7)4-2;1-2/h5-11,13-14H,4,12,15H2,1-3H3;3-5H2,1-2H3;1H3. The highest BCUT2D eigenvalue weighted by molar-refractivity contribution is 7.52. The quantitative estimate of drug-likeness (QED) is 0.0524. The fourth-order valence-corrected chi connectivity index (χ4v) is 6.70. The van der Waals surface area contributed by atoms with Gasteiger partial charge in [0.15, 0.2) is 11.6 Å². The Morgan fingerprint density at radius 3 is 2.13 bits per heavy atom. The molecule has 0 saturated heterocycles. The van der Waals surface area contributed by atoms with E-state index in [-0.39, 0.29) is 22.0 Å². The van der Waals surface area contributed by atoms with Crippen molar-refractivity contribution < 1.29 is 41.1 Å². The molecule has 3 aromatic carbocycles. The summed E-state index contributed by atoms with van der Waals surface area (Å²) in [5, 5.41) is 0.817. The van der Waals surface area contributed by atoms with E-state index in [0.29, 0.717) is 20.2 Å². The molecule has 0 radical (unpaired) electrons. The molecule has 0 saturated carbocycles. The molecule has 45 heavy (non-hydrogen) atoms. The van der Waals surface area contributed by atoms with Gasteiger partial charge in [-0.2, -0.15) is 4.39 Å². The topological polar surface area (TPSA) is 61.8 Å². The van der Waals surface area contributed by atoms with Crippen molar-refractivity contribution in [1.29, 1.82) is 0 Å². The number of benzene rings is 3. The summed E-state index contributed by atoms with van der Waals surface area (Å²) in [7, 11) is -0.231. The molecule has 1 heterocycles. The Hall–Kier alpha value is -3.49. The molecule has 1 aromatic heterocycles. The first-order valence-electron chi connectivity index (χ1n) is 14.5. The molecule has 0 N–H and O–H groups in total. The molecule has 0 aliphatic heterocycles. The van der Waals surface area contributed by atoms with Crippen LogP contribution >= 0.6 is 19.5 Å². The zero-order chi connectivity index (χ0) is 33.5. The number of carbonyl (C=O) groups is 2. The Labute approximate surface area is 267 Å². The highest BCUT2D eigenvalue weighted by Gasteiger charge is 2.25. The lowest BCUT2D eigenvalue weighted by molar-refractivity contribution is -0.143. The normalized spacial score (nSPS) is 11.1. The number of thiophene rings is 1. The van der Waals surface area contributed by atoms with Gasteiger partial charge >= 0.3 is 11.9 Å². The van der Waals surface area contributed by atoms with Gasteiger partial charge in [0, 0.05) is 23.4 Å². The molecule has 0 amide bonds. The van der Waals surface area contributed by atoms with Crippen molar-refractivity contribution in [2.24, 2.45) is 0 Å². The first kappa shape index (κ1) is 37.7. The summed E-state index contributed by atoms with van der Waals surface area (Å²) in [6.07, 6.45) is 4.10. The van der Waals surface area contributed by atoms with Gasteiger partial charge in [-0.1, -0.05) is 45.0 Å². The van der Waals surface area contributed by atoms with E-state index in [1.165, 1.54) is 13.8 Å². The van der Waals surface area contributed by atoms with Crippen LogP contribution in [0, 0.1) is 31.3 Å². The highest BCUT2D eigenvalue weighted by Crippen LogP contribution is 2.43. The summed E-state index contributed by atoms with van der Waals surface area (Å²) in [5.41, 5.74) is 0.807. The van der Waals surface area contributed by atoms with Crippen LogP contribution in [0.2, 0.25) is 0 Å². The Morgan fingerprint density at radius 2 is 1.51 bits per heavy atom. The maximum Gasteiger partial charge on any atom is 0.353 e. The Kier molecular flexibility index (Phi) is 16.0.